The predicted octanol–water partition coefficient (Wildman–Crippen LogP) is 3.44. The fourth-order valence-electron chi connectivity index (χ4n) is 1.47. The van der Waals surface area contributed by atoms with Crippen LogP contribution in [0.5, 0.6) is 0 Å². The molecule has 0 fully saturated rings. The summed E-state index contributed by atoms with van der Waals surface area (Å²) in [6, 6.07) is 7.27. The first kappa shape index (κ1) is 10.1. The maximum atomic E-state index is 13.4. The van der Waals surface area contributed by atoms with Crippen molar-refractivity contribution >= 4 is 32.7 Å². The molecule has 2 aromatic rings. The van der Waals surface area contributed by atoms with Crippen molar-refractivity contribution in [2.75, 3.05) is 0 Å². The molecule has 0 spiro atoms. The van der Waals surface area contributed by atoms with Crippen LogP contribution in [0.3, 0.4) is 0 Å². The average Bonchev–Trinajstić information content (AvgIpc) is 2.17. The molecular weight excluding hydrogens is 263 g/mol. The minimum Gasteiger partial charge on any atom is -0.478 e. The van der Waals surface area contributed by atoms with Gasteiger partial charge in [0.1, 0.15) is 5.82 Å². The molecule has 0 aromatic heterocycles. The molecule has 0 heterocycles. The highest BCUT2D eigenvalue weighted by Gasteiger charge is 2.11. The highest BCUT2D eigenvalue weighted by Crippen LogP contribution is 2.25. The molecule has 2 nitrogen and oxygen atoms in total. The number of carbonyl (C=O) groups is 1. The predicted molar refractivity (Wildman–Crippen MR) is 58.6 cm³/mol. The van der Waals surface area contributed by atoms with Gasteiger partial charge in [0.2, 0.25) is 0 Å². The Morgan fingerprint density at radius 1 is 1.20 bits per heavy atom. The van der Waals surface area contributed by atoms with E-state index >= 15 is 0 Å². The van der Waals surface area contributed by atoms with E-state index in [-0.39, 0.29) is 5.56 Å². The summed E-state index contributed by atoms with van der Waals surface area (Å²) in [4.78, 5) is 10.9. The van der Waals surface area contributed by atoms with Gasteiger partial charge in [0.05, 0.1) is 5.56 Å². The second-order valence-electron chi connectivity index (χ2n) is 3.09. The van der Waals surface area contributed by atoms with E-state index in [9.17, 15) is 9.18 Å². The molecule has 0 saturated heterocycles. The molecule has 0 aliphatic carbocycles. The first-order valence-electron chi connectivity index (χ1n) is 4.20. The molecule has 0 aliphatic heterocycles. The number of benzene rings is 2. The quantitative estimate of drug-likeness (QED) is 0.861. The van der Waals surface area contributed by atoms with Gasteiger partial charge in [0, 0.05) is 15.2 Å². The van der Waals surface area contributed by atoms with Crippen molar-refractivity contribution in [3.63, 3.8) is 0 Å². The van der Waals surface area contributed by atoms with Crippen molar-refractivity contribution in [2.24, 2.45) is 0 Å². The van der Waals surface area contributed by atoms with Gasteiger partial charge < -0.3 is 5.11 Å². The fraction of sp³-hybridized carbons (Fsp3) is 0. The average molecular weight is 269 g/mol. The van der Waals surface area contributed by atoms with E-state index in [1.54, 1.807) is 18.2 Å². The Morgan fingerprint density at radius 2 is 1.93 bits per heavy atom. The molecule has 2 rings (SSSR count). The van der Waals surface area contributed by atoms with Gasteiger partial charge in [-0.1, -0.05) is 22.0 Å². The Morgan fingerprint density at radius 3 is 2.60 bits per heavy atom. The zero-order chi connectivity index (χ0) is 11.0. The van der Waals surface area contributed by atoms with E-state index in [4.69, 9.17) is 5.11 Å². The van der Waals surface area contributed by atoms with E-state index in [2.05, 4.69) is 15.9 Å². The van der Waals surface area contributed by atoms with Gasteiger partial charge in [0.15, 0.2) is 0 Å². The topological polar surface area (TPSA) is 37.3 Å². The lowest BCUT2D eigenvalue weighted by atomic mass is 10.0. The summed E-state index contributed by atoms with van der Waals surface area (Å²) in [6.07, 6.45) is 0. The molecule has 0 amide bonds. The van der Waals surface area contributed by atoms with Crippen molar-refractivity contribution in [2.45, 2.75) is 0 Å². The first-order chi connectivity index (χ1) is 7.09. The van der Waals surface area contributed by atoms with Crippen LogP contribution in [0.4, 0.5) is 4.39 Å². The van der Waals surface area contributed by atoms with E-state index < -0.39 is 11.8 Å². The van der Waals surface area contributed by atoms with Crippen molar-refractivity contribution in [1.82, 2.24) is 0 Å². The number of rotatable bonds is 1. The van der Waals surface area contributed by atoms with Crippen LogP contribution in [-0.4, -0.2) is 11.1 Å². The lowest BCUT2D eigenvalue weighted by molar-refractivity contribution is 0.0699. The standard InChI is InChI=1S/C11H6BrFO2/c12-6-1-2-7-9(5-6)8(11(14)15)3-4-10(7)13/h1-5H,(H,14,15). The molecule has 2 aromatic carbocycles. The van der Waals surface area contributed by atoms with Gasteiger partial charge >= 0.3 is 5.97 Å². The monoisotopic (exact) mass is 268 g/mol. The van der Waals surface area contributed by atoms with Crippen molar-refractivity contribution in [1.29, 1.82) is 0 Å². The van der Waals surface area contributed by atoms with Gasteiger partial charge in [-0.05, 0) is 24.3 Å². The summed E-state index contributed by atoms with van der Waals surface area (Å²) in [6.45, 7) is 0. The number of carboxylic acids is 1. The smallest absolute Gasteiger partial charge is 0.336 e. The lowest BCUT2D eigenvalue weighted by Crippen LogP contribution is -1.98. The lowest BCUT2D eigenvalue weighted by Gasteiger charge is -2.04. The van der Waals surface area contributed by atoms with Crippen molar-refractivity contribution in [3.05, 3.63) is 46.2 Å². The molecule has 15 heavy (non-hydrogen) atoms. The fourth-order valence-corrected chi connectivity index (χ4v) is 1.83. The third-order valence-corrected chi connectivity index (χ3v) is 2.65. The Kier molecular flexibility index (Phi) is 2.44. The van der Waals surface area contributed by atoms with Crippen LogP contribution in [-0.2, 0) is 0 Å². The third-order valence-electron chi connectivity index (χ3n) is 2.16. The van der Waals surface area contributed by atoms with Crippen LogP contribution >= 0.6 is 15.9 Å². The summed E-state index contributed by atoms with van der Waals surface area (Å²) >= 11 is 3.22. The maximum absolute atomic E-state index is 13.4. The summed E-state index contributed by atoms with van der Waals surface area (Å²) in [7, 11) is 0. The Hall–Kier alpha value is -1.42. The molecule has 0 radical (unpaired) electrons. The van der Waals surface area contributed by atoms with Gasteiger partial charge in [-0.3, -0.25) is 0 Å². The van der Waals surface area contributed by atoms with E-state index in [1.807, 2.05) is 0 Å². The zero-order valence-electron chi connectivity index (χ0n) is 7.50. The number of carboxylic acid groups (broad SMARTS) is 1. The van der Waals surface area contributed by atoms with Crippen LogP contribution in [0, 0.1) is 5.82 Å². The molecule has 0 saturated carbocycles. The highest BCUT2D eigenvalue weighted by atomic mass is 79.9. The summed E-state index contributed by atoms with van der Waals surface area (Å²) < 4.78 is 14.1. The Labute approximate surface area is 93.5 Å². The number of hydrogen-bond donors (Lipinski definition) is 1. The van der Waals surface area contributed by atoms with E-state index in [1.165, 1.54) is 12.1 Å². The Bertz CT molecular complexity index is 552. The van der Waals surface area contributed by atoms with Crippen LogP contribution in [0.25, 0.3) is 10.8 Å². The second kappa shape index (κ2) is 3.62. The normalized spacial score (nSPS) is 10.5. The SMILES string of the molecule is O=C(O)c1ccc(F)c2ccc(Br)cc12. The molecule has 0 bridgehead atoms. The van der Waals surface area contributed by atoms with Gasteiger partial charge in [-0.25, -0.2) is 9.18 Å². The van der Waals surface area contributed by atoms with Crippen LogP contribution in [0.1, 0.15) is 10.4 Å². The van der Waals surface area contributed by atoms with Gasteiger partial charge in [0.25, 0.3) is 0 Å². The molecular formula is C11H6BrFO2. The zero-order valence-corrected chi connectivity index (χ0v) is 9.08. The van der Waals surface area contributed by atoms with Crippen molar-refractivity contribution < 1.29 is 14.3 Å². The maximum Gasteiger partial charge on any atom is 0.336 e. The summed E-state index contributed by atoms with van der Waals surface area (Å²) in [5, 5.41) is 9.64. The minimum absolute atomic E-state index is 0.104. The number of fused-ring (bicyclic) bond motifs is 1. The van der Waals surface area contributed by atoms with Crippen LogP contribution in [0.2, 0.25) is 0 Å². The van der Waals surface area contributed by atoms with Gasteiger partial charge in [-0.2, -0.15) is 0 Å². The first-order valence-corrected chi connectivity index (χ1v) is 5.00. The number of aromatic carboxylic acids is 1. The highest BCUT2D eigenvalue weighted by molar-refractivity contribution is 9.10. The molecule has 4 heteroatoms. The summed E-state index contributed by atoms with van der Waals surface area (Å²) in [5.41, 5.74) is 0.104. The molecule has 1 N–H and O–H groups in total. The van der Waals surface area contributed by atoms with E-state index in [0.717, 1.165) is 4.47 Å². The van der Waals surface area contributed by atoms with Crippen molar-refractivity contribution in [3.8, 4) is 0 Å². The number of hydrogen-bond acceptors (Lipinski definition) is 1. The van der Waals surface area contributed by atoms with Crippen LogP contribution in [0.15, 0.2) is 34.8 Å². The molecule has 0 atom stereocenters. The minimum atomic E-state index is -1.06. The van der Waals surface area contributed by atoms with E-state index in [0.29, 0.717) is 10.8 Å². The summed E-state index contributed by atoms with van der Waals surface area (Å²) in [5.74, 6) is -1.47. The number of halogens is 2. The van der Waals surface area contributed by atoms with Crippen LogP contribution < -0.4 is 0 Å². The molecule has 0 unspecified atom stereocenters. The molecule has 0 aliphatic rings. The molecule has 76 valence electrons. The second-order valence-corrected chi connectivity index (χ2v) is 4.01. The largest absolute Gasteiger partial charge is 0.478 e. The Balaban J connectivity index is 2.90. The van der Waals surface area contributed by atoms with Gasteiger partial charge in [-0.15, -0.1) is 0 Å². The third kappa shape index (κ3) is 1.72.